The number of carbonyl (C=O) groups is 1. The Balaban J connectivity index is 2.96. The van der Waals surface area contributed by atoms with Gasteiger partial charge in [0.1, 0.15) is 6.04 Å². The van der Waals surface area contributed by atoms with Crippen LogP contribution in [0.4, 0.5) is 0 Å². The minimum absolute atomic E-state index is 0.594. The third-order valence-electron chi connectivity index (χ3n) is 1.77. The zero-order chi connectivity index (χ0) is 9.84. The summed E-state index contributed by atoms with van der Waals surface area (Å²) in [4.78, 5) is 16.4. The van der Waals surface area contributed by atoms with Crippen LogP contribution in [0.15, 0.2) is 24.5 Å². The third-order valence-corrected chi connectivity index (χ3v) is 1.77. The molecular formula is C9H12N2O2. The number of pyridine rings is 1. The fraction of sp³-hybridized carbons (Fsp3) is 0.333. The summed E-state index contributed by atoms with van der Waals surface area (Å²) in [5, 5.41) is 8.94. The number of hydrogen-bond donors (Lipinski definition) is 1. The molecule has 70 valence electrons. The van der Waals surface area contributed by atoms with Crippen LogP contribution in [-0.4, -0.2) is 35.1 Å². The lowest BCUT2D eigenvalue weighted by molar-refractivity contribution is -0.142. The van der Waals surface area contributed by atoms with Crippen LogP contribution in [0.2, 0.25) is 0 Å². The van der Waals surface area contributed by atoms with Crippen molar-refractivity contribution in [2.45, 2.75) is 6.04 Å². The van der Waals surface area contributed by atoms with Crippen molar-refractivity contribution in [3.63, 3.8) is 0 Å². The van der Waals surface area contributed by atoms with Gasteiger partial charge in [-0.3, -0.25) is 14.7 Å². The molecule has 1 rings (SSSR count). The fourth-order valence-corrected chi connectivity index (χ4v) is 1.21. The van der Waals surface area contributed by atoms with Gasteiger partial charge in [0.2, 0.25) is 0 Å². The smallest absolute Gasteiger partial charge is 0.325 e. The predicted molar refractivity (Wildman–Crippen MR) is 48.3 cm³/mol. The van der Waals surface area contributed by atoms with Crippen molar-refractivity contribution in [2.75, 3.05) is 14.1 Å². The van der Waals surface area contributed by atoms with Crippen molar-refractivity contribution >= 4 is 5.97 Å². The maximum absolute atomic E-state index is 10.9. The lowest BCUT2D eigenvalue weighted by Crippen LogP contribution is -2.27. The maximum atomic E-state index is 10.9. The second-order valence-corrected chi connectivity index (χ2v) is 2.98. The van der Waals surface area contributed by atoms with Gasteiger partial charge < -0.3 is 5.11 Å². The largest absolute Gasteiger partial charge is 0.480 e. The van der Waals surface area contributed by atoms with E-state index in [4.69, 9.17) is 5.11 Å². The van der Waals surface area contributed by atoms with Crippen LogP contribution >= 0.6 is 0 Å². The summed E-state index contributed by atoms with van der Waals surface area (Å²) in [5.41, 5.74) is 0.743. The van der Waals surface area contributed by atoms with Crippen molar-refractivity contribution in [3.8, 4) is 0 Å². The highest BCUT2D eigenvalue weighted by atomic mass is 16.4. The number of carboxylic acid groups (broad SMARTS) is 1. The summed E-state index contributed by atoms with van der Waals surface area (Å²) in [6.07, 6.45) is 3.18. The number of aliphatic carboxylic acids is 1. The Morgan fingerprint density at radius 1 is 1.46 bits per heavy atom. The number of rotatable bonds is 3. The molecule has 0 aliphatic heterocycles. The lowest BCUT2D eigenvalue weighted by atomic mass is 10.1. The van der Waals surface area contributed by atoms with Gasteiger partial charge in [-0.05, 0) is 31.8 Å². The number of hydrogen-bond acceptors (Lipinski definition) is 3. The van der Waals surface area contributed by atoms with E-state index in [-0.39, 0.29) is 0 Å². The first-order valence-electron chi connectivity index (χ1n) is 3.92. The Morgan fingerprint density at radius 3 is 2.38 bits per heavy atom. The summed E-state index contributed by atoms with van der Waals surface area (Å²) in [6, 6.07) is 2.82. The number of aromatic nitrogens is 1. The average Bonchev–Trinajstić information content (AvgIpc) is 2.04. The van der Waals surface area contributed by atoms with Crippen LogP contribution < -0.4 is 0 Å². The number of carboxylic acids is 1. The van der Waals surface area contributed by atoms with Crippen LogP contribution in [0.3, 0.4) is 0 Å². The molecule has 4 nitrogen and oxygen atoms in total. The van der Waals surface area contributed by atoms with Crippen LogP contribution in [0.1, 0.15) is 11.6 Å². The number of likely N-dealkylation sites (N-methyl/N-ethyl adjacent to an activating group) is 1. The predicted octanol–water partition coefficient (Wildman–Crippen LogP) is 0.769. The quantitative estimate of drug-likeness (QED) is 0.746. The van der Waals surface area contributed by atoms with Gasteiger partial charge in [0, 0.05) is 12.4 Å². The van der Waals surface area contributed by atoms with Gasteiger partial charge in [0.05, 0.1) is 0 Å². The molecule has 0 amide bonds. The first kappa shape index (κ1) is 9.67. The molecule has 0 saturated heterocycles. The van der Waals surface area contributed by atoms with E-state index in [0.29, 0.717) is 0 Å². The minimum Gasteiger partial charge on any atom is -0.480 e. The van der Waals surface area contributed by atoms with E-state index < -0.39 is 12.0 Å². The Kier molecular flexibility index (Phi) is 2.97. The van der Waals surface area contributed by atoms with E-state index in [9.17, 15) is 4.79 Å². The molecule has 0 aromatic carbocycles. The Morgan fingerprint density at radius 2 is 2.00 bits per heavy atom. The van der Waals surface area contributed by atoms with E-state index in [1.165, 1.54) is 0 Å². The highest BCUT2D eigenvalue weighted by molar-refractivity contribution is 5.75. The van der Waals surface area contributed by atoms with Crippen LogP contribution in [0.5, 0.6) is 0 Å². The van der Waals surface area contributed by atoms with Gasteiger partial charge in [-0.2, -0.15) is 0 Å². The van der Waals surface area contributed by atoms with Gasteiger partial charge in [-0.1, -0.05) is 0 Å². The normalized spacial score (nSPS) is 12.8. The molecule has 0 aliphatic rings. The second-order valence-electron chi connectivity index (χ2n) is 2.98. The van der Waals surface area contributed by atoms with Gasteiger partial charge in [0.25, 0.3) is 0 Å². The van der Waals surface area contributed by atoms with Crippen molar-refractivity contribution in [2.24, 2.45) is 0 Å². The zero-order valence-corrected chi connectivity index (χ0v) is 7.64. The Hall–Kier alpha value is -1.42. The molecule has 1 N–H and O–H groups in total. The number of nitrogens with zero attached hydrogens (tertiary/aromatic N) is 2. The maximum Gasteiger partial charge on any atom is 0.325 e. The molecule has 0 fully saturated rings. The summed E-state index contributed by atoms with van der Waals surface area (Å²) >= 11 is 0. The molecule has 4 heteroatoms. The third kappa shape index (κ3) is 2.26. The van der Waals surface area contributed by atoms with E-state index in [0.717, 1.165) is 5.56 Å². The molecular weight excluding hydrogens is 168 g/mol. The molecule has 0 bridgehead atoms. The highest BCUT2D eigenvalue weighted by Crippen LogP contribution is 2.16. The van der Waals surface area contributed by atoms with E-state index in [1.54, 1.807) is 43.5 Å². The molecule has 1 aromatic rings. The molecule has 1 aromatic heterocycles. The summed E-state index contributed by atoms with van der Waals surface area (Å²) in [7, 11) is 3.47. The lowest BCUT2D eigenvalue weighted by Gasteiger charge is -2.19. The first-order chi connectivity index (χ1) is 6.13. The first-order valence-corrected chi connectivity index (χ1v) is 3.92. The van der Waals surface area contributed by atoms with Gasteiger partial charge in [-0.15, -0.1) is 0 Å². The minimum atomic E-state index is -0.851. The Labute approximate surface area is 76.8 Å². The molecule has 0 spiro atoms. The summed E-state index contributed by atoms with van der Waals surface area (Å²) in [5.74, 6) is -0.851. The molecule has 1 atom stereocenters. The molecule has 0 saturated carbocycles. The van der Waals surface area contributed by atoms with Crippen molar-refractivity contribution in [1.29, 1.82) is 0 Å². The Bertz CT molecular complexity index is 285. The zero-order valence-electron chi connectivity index (χ0n) is 7.64. The highest BCUT2D eigenvalue weighted by Gasteiger charge is 2.21. The SMILES string of the molecule is CN(C)[C@H](C(=O)O)c1ccncc1. The van der Waals surface area contributed by atoms with Gasteiger partial charge >= 0.3 is 5.97 Å². The van der Waals surface area contributed by atoms with Crippen LogP contribution in [0.25, 0.3) is 0 Å². The van der Waals surface area contributed by atoms with Gasteiger partial charge in [-0.25, -0.2) is 0 Å². The molecule has 0 radical (unpaired) electrons. The van der Waals surface area contributed by atoms with E-state index in [1.807, 2.05) is 0 Å². The summed E-state index contributed by atoms with van der Waals surface area (Å²) < 4.78 is 0. The molecule has 0 aliphatic carbocycles. The fourth-order valence-electron chi connectivity index (χ4n) is 1.21. The van der Waals surface area contributed by atoms with Crippen molar-refractivity contribution in [1.82, 2.24) is 9.88 Å². The average molecular weight is 180 g/mol. The standard InChI is InChI=1S/C9H12N2O2/c1-11(2)8(9(12)13)7-3-5-10-6-4-7/h3-6,8H,1-2H3,(H,12,13)/t8-/m0/s1. The second kappa shape index (κ2) is 4.00. The molecule has 0 unspecified atom stereocenters. The van der Waals surface area contributed by atoms with Crippen molar-refractivity contribution < 1.29 is 9.90 Å². The van der Waals surface area contributed by atoms with Crippen LogP contribution in [-0.2, 0) is 4.79 Å². The topological polar surface area (TPSA) is 53.4 Å². The summed E-state index contributed by atoms with van der Waals surface area (Å²) in [6.45, 7) is 0. The molecule has 1 heterocycles. The van der Waals surface area contributed by atoms with E-state index >= 15 is 0 Å². The van der Waals surface area contributed by atoms with Gasteiger partial charge in [0.15, 0.2) is 0 Å². The monoisotopic (exact) mass is 180 g/mol. The van der Waals surface area contributed by atoms with Crippen molar-refractivity contribution in [3.05, 3.63) is 30.1 Å². The molecule has 13 heavy (non-hydrogen) atoms. The van der Waals surface area contributed by atoms with Crippen LogP contribution in [0, 0.1) is 0 Å². The van der Waals surface area contributed by atoms with E-state index in [2.05, 4.69) is 4.98 Å².